The molecule has 2 rings (SSSR count). The molecular formula is C10H15N5O3S. The first-order chi connectivity index (χ1) is 8.97. The Kier molecular flexibility index (Phi) is 3.98. The highest BCUT2D eigenvalue weighted by Gasteiger charge is 2.12. The zero-order valence-electron chi connectivity index (χ0n) is 10.4. The predicted molar refractivity (Wildman–Crippen MR) is 66.5 cm³/mol. The third-order valence-electron chi connectivity index (χ3n) is 2.55. The number of hydrogen-bond donors (Lipinski definition) is 2. The Hall–Kier alpha value is -1.71. The van der Waals surface area contributed by atoms with E-state index in [9.17, 15) is 8.42 Å². The van der Waals surface area contributed by atoms with Crippen molar-refractivity contribution in [1.29, 1.82) is 0 Å². The molecule has 0 aliphatic heterocycles. The average Bonchev–Trinajstić information content (AvgIpc) is 2.93. The summed E-state index contributed by atoms with van der Waals surface area (Å²) in [6, 6.07) is 2.92. The van der Waals surface area contributed by atoms with Gasteiger partial charge in [0.15, 0.2) is 0 Å². The van der Waals surface area contributed by atoms with E-state index in [1.807, 2.05) is 11.6 Å². The number of nitrogens with zero attached hydrogens (tertiary/aromatic N) is 3. The summed E-state index contributed by atoms with van der Waals surface area (Å²) in [5.41, 5.74) is 0. The van der Waals surface area contributed by atoms with Crippen molar-refractivity contribution in [3.05, 3.63) is 30.0 Å². The second-order valence-electron chi connectivity index (χ2n) is 4.05. The second-order valence-corrected chi connectivity index (χ2v) is 5.54. The van der Waals surface area contributed by atoms with Crippen LogP contribution in [0.5, 0.6) is 0 Å². The molecule has 3 N–H and O–H groups in total. The topological polar surface area (TPSA) is 116 Å². The van der Waals surface area contributed by atoms with Gasteiger partial charge >= 0.3 is 0 Å². The molecule has 0 saturated heterocycles. The molecule has 0 saturated carbocycles. The number of aromatic nitrogens is 3. The molecule has 0 aliphatic rings. The first kappa shape index (κ1) is 13.7. The lowest BCUT2D eigenvalue weighted by atomic mass is 10.4. The minimum absolute atomic E-state index is 0.224. The highest BCUT2D eigenvalue weighted by molar-refractivity contribution is 7.89. The summed E-state index contributed by atoms with van der Waals surface area (Å²) in [7, 11) is -1.89. The van der Waals surface area contributed by atoms with Gasteiger partial charge in [0, 0.05) is 20.0 Å². The highest BCUT2D eigenvalue weighted by Crippen LogP contribution is 2.11. The highest BCUT2D eigenvalue weighted by atomic mass is 32.2. The van der Waals surface area contributed by atoms with E-state index in [1.54, 1.807) is 12.4 Å². The number of furan rings is 1. The molecule has 0 aromatic carbocycles. The van der Waals surface area contributed by atoms with Gasteiger partial charge < -0.3 is 14.3 Å². The zero-order valence-corrected chi connectivity index (χ0v) is 11.2. The lowest BCUT2D eigenvalue weighted by Gasteiger charge is -2.02. The number of sulfonamides is 1. The predicted octanol–water partition coefficient (Wildman–Crippen LogP) is -0.612. The van der Waals surface area contributed by atoms with Crippen LogP contribution in [-0.4, -0.2) is 29.7 Å². The molecule has 9 heteroatoms. The summed E-state index contributed by atoms with van der Waals surface area (Å²) < 4.78 is 29.0. The van der Waals surface area contributed by atoms with E-state index in [2.05, 4.69) is 15.5 Å². The number of rotatable bonds is 6. The molecule has 104 valence electrons. The summed E-state index contributed by atoms with van der Waals surface area (Å²) in [4.78, 5) is 0. The lowest BCUT2D eigenvalue weighted by Crippen LogP contribution is -2.18. The Bertz CT molecular complexity index is 646. The van der Waals surface area contributed by atoms with Gasteiger partial charge in [-0.25, -0.2) is 13.6 Å². The van der Waals surface area contributed by atoms with Crippen LogP contribution in [0, 0.1) is 0 Å². The van der Waals surface area contributed by atoms with Gasteiger partial charge in [0.1, 0.15) is 17.9 Å². The Labute approximate surface area is 110 Å². The molecule has 2 aromatic rings. The van der Waals surface area contributed by atoms with E-state index in [-0.39, 0.29) is 5.09 Å². The molecule has 0 bridgehead atoms. The third kappa shape index (κ3) is 3.63. The summed E-state index contributed by atoms with van der Waals surface area (Å²) in [6.07, 6.45) is 2.36. The van der Waals surface area contributed by atoms with Gasteiger partial charge in [-0.2, -0.15) is 0 Å². The minimum Gasteiger partial charge on any atom is -0.447 e. The quantitative estimate of drug-likeness (QED) is 0.684. The molecule has 0 unspecified atom stereocenters. The summed E-state index contributed by atoms with van der Waals surface area (Å²) >= 11 is 0. The Balaban J connectivity index is 1.80. The summed E-state index contributed by atoms with van der Waals surface area (Å²) in [6.45, 7) is 1.10. The molecule has 8 nitrogen and oxygen atoms in total. The van der Waals surface area contributed by atoms with Crippen LogP contribution in [0.3, 0.4) is 0 Å². The van der Waals surface area contributed by atoms with Crippen molar-refractivity contribution in [3.63, 3.8) is 0 Å². The number of nitrogens with one attached hydrogen (secondary N) is 1. The molecule has 0 fully saturated rings. The van der Waals surface area contributed by atoms with Gasteiger partial charge in [-0.15, -0.1) is 10.2 Å². The Morgan fingerprint density at radius 3 is 2.84 bits per heavy atom. The molecule has 0 aliphatic carbocycles. The van der Waals surface area contributed by atoms with E-state index in [0.29, 0.717) is 18.8 Å². The van der Waals surface area contributed by atoms with Crippen LogP contribution >= 0.6 is 0 Å². The Morgan fingerprint density at radius 2 is 2.26 bits per heavy atom. The van der Waals surface area contributed by atoms with Gasteiger partial charge in [0.05, 0.1) is 6.54 Å². The first-order valence-corrected chi connectivity index (χ1v) is 7.16. The van der Waals surface area contributed by atoms with Crippen LogP contribution < -0.4 is 10.5 Å². The molecule has 2 heterocycles. The monoisotopic (exact) mass is 285 g/mol. The standard InChI is InChI=1S/C10H15N5O3S/c1-15-7-13-14-9(15)4-5-12-6-8-2-3-10(18-8)19(11,16)17/h2-3,7,12H,4-6H2,1H3,(H2,11,16,17). The molecular weight excluding hydrogens is 270 g/mol. The number of aryl methyl sites for hydroxylation is 1. The molecule has 0 spiro atoms. The number of primary sulfonamides is 1. The Morgan fingerprint density at radius 1 is 1.47 bits per heavy atom. The fourth-order valence-corrected chi connectivity index (χ4v) is 2.03. The zero-order chi connectivity index (χ0) is 13.9. The van der Waals surface area contributed by atoms with Gasteiger partial charge in [0.2, 0.25) is 5.09 Å². The first-order valence-electron chi connectivity index (χ1n) is 5.62. The van der Waals surface area contributed by atoms with Crippen molar-refractivity contribution in [2.45, 2.75) is 18.1 Å². The van der Waals surface area contributed by atoms with Crippen molar-refractivity contribution >= 4 is 10.0 Å². The lowest BCUT2D eigenvalue weighted by molar-refractivity contribution is 0.402. The largest absolute Gasteiger partial charge is 0.447 e. The van der Waals surface area contributed by atoms with E-state index in [1.165, 1.54) is 6.07 Å². The maximum Gasteiger partial charge on any atom is 0.271 e. The van der Waals surface area contributed by atoms with Crippen LogP contribution in [0.25, 0.3) is 0 Å². The molecule has 2 aromatic heterocycles. The van der Waals surface area contributed by atoms with Crippen molar-refractivity contribution < 1.29 is 12.8 Å². The molecule has 19 heavy (non-hydrogen) atoms. The van der Waals surface area contributed by atoms with E-state index in [4.69, 9.17) is 9.56 Å². The fourth-order valence-electron chi connectivity index (χ4n) is 1.55. The molecule has 0 amide bonds. The van der Waals surface area contributed by atoms with Crippen molar-refractivity contribution in [3.8, 4) is 0 Å². The number of nitrogens with two attached hydrogens (primary N) is 1. The van der Waals surface area contributed by atoms with Crippen LogP contribution in [0.2, 0.25) is 0 Å². The van der Waals surface area contributed by atoms with Gasteiger partial charge in [0.25, 0.3) is 10.0 Å². The normalized spacial score (nSPS) is 11.9. The molecule has 0 radical (unpaired) electrons. The van der Waals surface area contributed by atoms with Gasteiger partial charge in [-0.1, -0.05) is 0 Å². The minimum atomic E-state index is -3.77. The second kappa shape index (κ2) is 5.51. The van der Waals surface area contributed by atoms with E-state index in [0.717, 1.165) is 12.2 Å². The fraction of sp³-hybridized carbons (Fsp3) is 0.400. The van der Waals surface area contributed by atoms with Gasteiger partial charge in [-0.3, -0.25) is 0 Å². The van der Waals surface area contributed by atoms with E-state index >= 15 is 0 Å². The summed E-state index contributed by atoms with van der Waals surface area (Å²) in [5.74, 6) is 1.39. The summed E-state index contributed by atoms with van der Waals surface area (Å²) in [5, 5.41) is 15.6. The maximum absolute atomic E-state index is 11.0. The van der Waals surface area contributed by atoms with Crippen LogP contribution in [0.4, 0.5) is 0 Å². The van der Waals surface area contributed by atoms with Crippen molar-refractivity contribution in [2.75, 3.05) is 6.54 Å². The van der Waals surface area contributed by atoms with Crippen LogP contribution in [0.1, 0.15) is 11.6 Å². The van der Waals surface area contributed by atoms with Crippen molar-refractivity contribution in [1.82, 2.24) is 20.1 Å². The smallest absolute Gasteiger partial charge is 0.271 e. The van der Waals surface area contributed by atoms with Crippen LogP contribution in [0.15, 0.2) is 28.0 Å². The van der Waals surface area contributed by atoms with Gasteiger partial charge in [-0.05, 0) is 12.1 Å². The average molecular weight is 285 g/mol. The SMILES string of the molecule is Cn1cnnc1CCNCc1ccc(S(N)(=O)=O)o1. The maximum atomic E-state index is 11.0. The number of hydrogen-bond acceptors (Lipinski definition) is 6. The third-order valence-corrected chi connectivity index (χ3v) is 3.33. The van der Waals surface area contributed by atoms with Crippen LogP contribution in [-0.2, 0) is 30.0 Å². The van der Waals surface area contributed by atoms with Crippen molar-refractivity contribution in [2.24, 2.45) is 12.2 Å². The molecule has 0 atom stereocenters. The van der Waals surface area contributed by atoms with E-state index < -0.39 is 10.0 Å².